The van der Waals surface area contributed by atoms with Crippen molar-refractivity contribution in [3.63, 3.8) is 0 Å². The Morgan fingerprint density at radius 1 is 1.23 bits per heavy atom. The van der Waals surface area contributed by atoms with E-state index in [-0.39, 0.29) is 24.5 Å². The molecule has 26 heavy (non-hydrogen) atoms. The molecule has 3 nitrogen and oxygen atoms in total. The van der Waals surface area contributed by atoms with Crippen LogP contribution in [0.2, 0.25) is 0 Å². The van der Waals surface area contributed by atoms with Gasteiger partial charge in [0.2, 0.25) is 0 Å². The van der Waals surface area contributed by atoms with Crippen LogP contribution in [0.5, 0.6) is 11.5 Å². The normalized spacial score (nSPS) is 17.4. The van der Waals surface area contributed by atoms with Gasteiger partial charge in [0.15, 0.2) is 11.6 Å². The molecule has 2 aromatic carbocycles. The highest BCUT2D eigenvalue weighted by atomic mass is 19.1. The SMILES string of the molecule is Cc1ccc(Oc2ccc(C(C)NC3=CNC(CCF)C3)cc2F)cc1. The number of alkyl halides is 1. The highest BCUT2D eigenvalue weighted by molar-refractivity contribution is 5.36. The summed E-state index contributed by atoms with van der Waals surface area (Å²) in [6, 6.07) is 12.6. The third-order valence-electron chi connectivity index (χ3n) is 4.52. The summed E-state index contributed by atoms with van der Waals surface area (Å²) in [6.07, 6.45) is 3.13. The van der Waals surface area contributed by atoms with Crippen LogP contribution in [0.3, 0.4) is 0 Å². The molecule has 3 rings (SSSR count). The number of benzene rings is 2. The van der Waals surface area contributed by atoms with Crippen LogP contribution in [0, 0.1) is 12.7 Å². The summed E-state index contributed by atoms with van der Waals surface area (Å²) >= 11 is 0. The maximum atomic E-state index is 14.4. The summed E-state index contributed by atoms with van der Waals surface area (Å²) in [7, 11) is 0. The van der Waals surface area contributed by atoms with E-state index >= 15 is 0 Å². The summed E-state index contributed by atoms with van der Waals surface area (Å²) in [5.41, 5.74) is 2.96. The number of halogens is 2. The minimum atomic E-state index is -0.398. The summed E-state index contributed by atoms with van der Waals surface area (Å²) in [6.45, 7) is 3.63. The molecule has 1 aliphatic heterocycles. The van der Waals surface area contributed by atoms with Gasteiger partial charge < -0.3 is 15.4 Å². The zero-order chi connectivity index (χ0) is 18.5. The van der Waals surface area contributed by atoms with Crippen LogP contribution in [0.4, 0.5) is 8.78 Å². The van der Waals surface area contributed by atoms with Gasteiger partial charge in [-0.05, 0) is 50.1 Å². The van der Waals surface area contributed by atoms with Gasteiger partial charge in [0.05, 0.1) is 6.67 Å². The Morgan fingerprint density at radius 3 is 2.69 bits per heavy atom. The van der Waals surface area contributed by atoms with Crippen molar-refractivity contribution >= 4 is 0 Å². The molecule has 2 aromatic rings. The van der Waals surface area contributed by atoms with Crippen LogP contribution < -0.4 is 15.4 Å². The molecule has 138 valence electrons. The van der Waals surface area contributed by atoms with Gasteiger partial charge in [-0.15, -0.1) is 0 Å². The second-order valence-electron chi connectivity index (χ2n) is 6.69. The van der Waals surface area contributed by atoms with Gasteiger partial charge in [0.25, 0.3) is 0 Å². The van der Waals surface area contributed by atoms with E-state index in [1.54, 1.807) is 6.07 Å². The van der Waals surface area contributed by atoms with E-state index in [9.17, 15) is 8.78 Å². The molecule has 0 fully saturated rings. The first-order valence-corrected chi connectivity index (χ1v) is 8.86. The van der Waals surface area contributed by atoms with E-state index in [1.165, 1.54) is 6.07 Å². The number of aryl methyl sites for hydroxylation is 1. The molecule has 0 spiro atoms. The molecule has 1 aliphatic rings. The predicted molar refractivity (Wildman–Crippen MR) is 99.4 cm³/mol. The lowest BCUT2D eigenvalue weighted by Crippen LogP contribution is -2.21. The third-order valence-corrected chi connectivity index (χ3v) is 4.52. The summed E-state index contributed by atoms with van der Waals surface area (Å²) < 4.78 is 32.5. The van der Waals surface area contributed by atoms with Crippen LogP contribution in [0.25, 0.3) is 0 Å². The van der Waals surface area contributed by atoms with Crippen molar-refractivity contribution in [3.05, 3.63) is 71.3 Å². The van der Waals surface area contributed by atoms with Gasteiger partial charge in [0, 0.05) is 30.4 Å². The number of hydrogen-bond acceptors (Lipinski definition) is 3. The average molecular weight is 358 g/mol. The van der Waals surface area contributed by atoms with E-state index < -0.39 is 5.82 Å². The molecule has 0 saturated heterocycles. The smallest absolute Gasteiger partial charge is 0.166 e. The van der Waals surface area contributed by atoms with Crippen molar-refractivity contribution < 1.29 is 13.5 Å². The van der Waals surface area contributed by atoms with Crippen LogP contribution >= 0.6 is 0 Å². The van der Waals surface area contributed by atoms with Crippen molar-refractivity contribution in [1.29, 1.82) is 0 Å². The minimum absolute atomic E-state index is 0.0601. The van der Waals surface area contributed by atoms with E-state index in [0.717, 1.165) is 23.2 Å². The quantitative estimate of drug-likeness (QED) is 0.719. The lowest BCUT2D eigenvalue weighted by molar-refractivity contribution is 0.421. The molecule has 0 radical (unpaired) electrons. The lowest BCUT2D eigenvalue weighted by Gasteiger charge is -2.18. The molecule has 0 amide bonds. The second-order valence-corrected chi connectivity index (χ2v) is 6.69. The zero-order valence-electron chi connectivity index (χ0n) is 15.1. The topological polar surface area (TPSA) is 33.3 Å². The monoisotopic (exact) mass is 358 g/mol. The number of hydrogen-bond donors (Lipinski definition) is 2. The molecular weight excluding hydrogens is 334 g/mol. The zero-order valence-corrected chi connectivity index (χ0v) is 15.1. The molecule has 2 atom stereocenters. The fourth-order valence-corrected chi connectivity index (χ4v) is 2.98. The molecular formula is C21H24F2N2O. The Bertz CT molecular complexity index is 774. The standard InChI is InChI=1S/C21H24F2N2O/c1-14-3-6-19(7-4-14)26-21-8-5-16(11-20(21)23)15(2)25-18-12-17(9-10-22)24-13-18/h3-8,11,13,15,17,24-25H,9-10,12H2,1-2H3. The van der Waals surface area contributed by atoms with E-state index in [2.05, 4.69) is 10.6 Å². The van der Waals surface area contributed by atoms with E-state index in [4.69, 9.17) is 4.74 Å². The van der Waals surface area contributed by atoms with Crippen molar-refractivity contribution in [3.8, 4) is 11.5 Å². The first-order chi connectivity index (χ1) is 12.5. The van der Waals surface area contributed by atoms with E-state index in [0.29, 0.717) is 12.2 Å². The third kappa shape index (κ3) is 4.54. The fourth-order valence-electron chi connectivity index (χ4n) is 2.98. The van der Waals surface area contributed by atoms with Gasteiger partial charge in [-0.3, -0.25) is 4.39 Å². The van der Waals surface area contributed by atoms with Crippen LogP contribution in [0.15, 0.2) is 54.4 Å². The maximum Gasteiger partial charge on any atom is 0.166 e. The summed E-state index contributed by atoms with van der Waals surface area (Å²) in [5, 5.41) is 6.51. The molecule has 0 aromatic heterocycles. The Balaban J connectivity index is 1.62. The maximum absolute atomic E-state index is 14.4. The van der Waals surface area contributed by atoms with Crippen LogP contribution in [0.1, 0.15) is 36.9 Å². The van der Waals surface area contributed by atoms with Gasteiger partial charge in [-0.25, -0.2) is 4.39 Å². The molecule has 0 saturated carbocycles. The Kier molecular flexibility index (Phi) is 5.76. The molecule has 2 unspecified atom stereocenters. The Morgan fingerprint density at radius 2 is 2.00 bits per heavy atom. The van der Waals surface area contributed by atoms with Gasteiger partial charge in [0.1, 0.15) is 5.75 Å². The van der Waals surface area contributed by atoms with Crippen molar-refractivity contribution in [2.24, 2.45) is 0 Å². The number of ether oxygens (including phenoxy) is 1. The fraction of sp³-hybridized carbons (Fsp3) is 0.333. The second kappa shape index (κ2) is 8.21. The molecule has 2 N–H and O–H groups in total. The van der Waals surface area contributed by atoms with Crippen LogP contribution in [-0.2, 0) is 0 Å². The first kappa shape index (κ1) is 18.2. The van der Waals surface area contributed by atoms with Gasteiger partial charge >= 0.3 is 0 Å². The molecule has 0 bridgehead atoms. The van der Waals surface area contributed by atoms with Crippen molar-refractivity contribution in [2.45, 2.75) is 38.8 Å². The molecule has 1 heterocycles. The van der Waals surface area contributed by atoms with Crippen molar-refractivity contribution in [1.82, 2.24) is 10.6 Å². The van der Waals surface area contributed by atoms with Gasteiger partial charge in [-0.1, -0.05) is 23.8 Å². The van der Waals surface area contributed by atoms with Crippen LogP contribution in [-0.4, -0.2) is 12.7 Å². The molecule has 5 heteroatoms. The number of nitrogens with one attached hydrogen (secondary N) is 2. The number of rotatable bonds is 7. The minimum Gasteiger partial charge on any atom is -0.454 e. The predicted octanol–water partition coefficient (Wildman–Crippen LogP) is 5.14. The van der Waals surface area contributed by atoms with Gasteiger partial charge in [-0.2, -0.15) is 0 Å². The average Bonchev–Trinajstić information content (AvgIpc) is 3.06. The largest absolute Gasteiger partial charge is 0.454 e. The summed E-state index contributed by atoms with van der Waals surface area (Å²) in [5.74, 6) is 0.412. The first-order valence-electron chi connectivity index (χ1n) is 8.86. The molecule has 0 aliphatic carbocycles. The highest BCUT2D eigenvalue weighted by Crippen LogP contribution is 2.28. The Hall–Kier alpha value is -2.56. The lowest BCUT2D eigenvalue weighted by atomic mass is 10.1. The Labute approximate surface area is 153 Å². The highest BCUT2D eigenvalue weighted by Gasteiger charge is 2.18. The van der Waals surface area contributed by atoms with Crippen molar-refractivity contribution in [2.75, 3.05) is 6.67 Å². The van der Waals surface area contributed by atoms with E-state index in [1.807, 2.05) is 50.4 Å². The summed E-state index contributed by atoms with van der Waals surface area (Å²) in [4.78, 5) is 0.